The maximum absolute atomic E-state index is 4.18. The highest BCUT2D eigenvalue weighted by Crippen LogP contribution is 2.45. The third-order valence-corrected chi connectivity index (χ3v) is 6.89. The number of imidazole rings is 1. The Bertz CT molecular complexity index is 528. The quantitative estimate of drug-likeness (QED) is 0.850. The van der Waals surface area contributed by atoms with Crippen LogP contribution in [0.1, 0.15) is 17.5 Å². The van der Waals surface area contributed by atoms with Crippen LogP contribution in [0.3, 0.4) is 0 Å². The maximum Gasteiger partial charge on any atom is 0.0946 e. The second-order valence-corrected chi connectivity index (χ2v) is 8.57. The molecule has 106 valence electrons. The summed E-state index contributed by atoms with van der Waals surface area (Å²) in [6, 6.07) is 9.00. The van der Waals surface area contributed by atoms with Crippen molar-refractivity contribution in [3.63, 3.8) is 0 Å². The summed E-state index contributed by atoms with van der Waals surface area (Å²) in [6.45, 7) is 3.19. The average Bonchev–Trinajstić information content (AvgIpc) is 2.95. The molecule has 1 aromatic carbocycles. The molecule has 0 unspecified atom stereocenters. The fourth-order valence-corrected chi connectivity index (χ4v) is 5.90. The molecule has 0 radical (unpaired) electrons. The largest absolute Gasteiger partial charge is 0.335 e. The zero-order valence-corrected chi connectivity index (χ0v) is 13.4. The summed E-state index contributed by atoms with van der Waals surface area (Å²) in [5.41, 5.74) is 2.78. The van der Waals surface area contributed by atoms with Crippen molar-refractivity contribution in [1.29, 1.82) is 0 Å². The molecule has 0 N–H and O–H groups in total. The van der Waals surface area contributed by atoms with Crippen molar-refractivity contribution in [3.8, 4) is 0 Å². The molecule has 0 atom stereocenters. The number of benzene rings is 1. The number of aromatic nitrogens is 2. The Morgan fingerprint density at radius 2 is 1.95 bits per heavy atom. The van der Waals surface area contributed by atoms with Gasteiger partial charge in [-0.05, 0) is 36.8 Å². The van der Waals surface area contributed by atoms with Crippen LogP contribution in [0, 0.1) is 6.92 Å². The summed E-state index contributed by atoms with van der Waals surface area (Å²) in [5, 5.41) is 0. The molecule has 1 aliphatic rings. The van der Waals surface area contributed by atoms with Crippen LogP contribution >= 0.6 is 23.5 Å². The molecule has 0 amide bonds. The van der Waals surface area contributed by atoms with E-state index in [0.29, 0.717) is 0 Å². The van der Waals surface area contributed by atoms with Crippen molar-refractivity contribution in [1.82, 2.24) is 9.55 Å². The van der Waals surface area contributed by atoms with Crippen molar-refractivity contribution < 1.29 is 0 Å². The molecular weight excluding hydrogens is 284 g/mol. The Balaban J connectivity index is 1.79. The van der Waals surface area contributed by atoms with Crippen molar-refractivity contribution in [2.24, 2.45) is 0 Å². The van der Waals surface area contributed by atoms with Gasteiger partial charge in [-0.1, -0.05) is 29.8 Å². The Morgan fingerprint density at radius 1 is 1.20 bits per heavy atom. The third-order valence-electron chi connectivity index (χ3n) is 3.60. The molecule has 1 aliphatic heterocycles. The lowest BCUT2D eigenvalue weighted by atomic mass is 10.1. The Labute approximate surface area is 129 Å². The van der Waals surface area contributed by atoms with Gasteiger partial charge in [0.25, 0.3) is 0 Å². The summed E-state index contributed by atoms with van der Waals surface area (Å²) < 4.78 is 2.48. The molecule has 0 aliphatic carbocycles. The van der Waals surface area contributed by atoms with E-state index in [1.807, 2.05) is 12.5 Å². The minimum absolute atomic E-state index is 0.258. The fraction of sp³-hybridized carbons (Fsp3) is 0.438. The lowest BCUT2D eigenvalue weighted by Crippen LogP contribution is -2.32. The van der Waals surface area contributed by atoms with E-state index in [0.717, 1.165) is 13.0 Å². The summed E-state index contributed by atoms with van der Waals surface area (Å²) in [6.07, 6.45) is 8.34. The van der Waals surface area contributed by atoms with E-state index in [2.05, 4.69) is 70.5 Å². The molecule has 0 saturated carbocycles. The maximum atomic E-state index is 4.18. The van der Waals surface area contributed by atoms with E-state index in [1.165, 1.54) is 29.1 Å². The molecule has 1 aromatic heterocycles. The van der Waals surface area contributed by atoms with Gasteiger partial charge < -0.3 is 4.57 Å². The van der Waals surface area contributed by atoms with Crippen molar-refractivity contribution >= 4 is 23.5 Å². The molecule has 20 heavy (non-hydrogen) atoms. The van der Waals surface area contributed by atoms with Gasteiger partial charge in [-0.15, -0.1) is 23.5 Å². The second-order valence-electron chi connectivity index (χ2n) is 5.36. The molecule has 0 spiro atoms. The second kappa shape index (κ2) is 6.27. The van der Waals surface area contributed by atoms with Crippen LogP contribution in [0.2, 0.25) is 0 Å². The molecule has 2 heterocycles. The Hall–Kier alpha value is -0.870. The number of rotatable bonds is 4. The Morgan fingerprint density at radius 3 is 2.60 bits per heavy atom. The molecule has 2 nitrogen and oxygen atoms in total. The summed E-state index contributed by atoms with van der Waals surface area (Å²) in [4.78, 5) is 4.18. The number of thioether (sulfide) groups is 2. The van der Waals surface area contributed by atoms with Gasteiger partial charge in [-0.25, -0.2) is 4.98 Å². The van der Waals surface area contributed by atoms with Gasteiger partial charge in [0.1, 0.15) is 0 Å². The van der Waals surface area contributed by atoms with Crippen LogP contribution in [0.5, 0.6) is 0 Å². The third kappa shape index (κ3) is 3.41. The van der Waals surface area contributed by atoms with Crippen LogP contribution in [0.15, 0.2) is 43.0 Å². The molecule has 2 aromatic rings. The predicted octanol–water partition coefficient (Wildman–Crippen LogP) is 4.00. The van der Waals surface area contributed by atoms with Crippen LogP contribution < -0.4 is 0 Å². The summed E-state index contributed by atoms with van der Waals surface area (Å²) in [7, 11) is 0. The van der Waals surface area contributed by atoms with E-state index >= 15 is 0 Å². The van der Waals surface area contributed by atoms with Crippen LogP contribution in [-0.4, -0.2) is 25.1 Å². The monoisotopic (exact) mass is 304 g/mol. The van der Waals surface area contributed by atoms with E-state index in [1.54, 1.807) is 0 Å². The van der Waals surface area contributed by atoms with Crippen molar-refractivity contribution in [3.05, 3.63) is 54.1 Å². The Kier molecular flexibility index (Phi) is 4.41. The standard InChI is InChI=1S/C16H20N2S2/c1-14-3-5-15(6-4-14)11-16(19-9-2-10-20-16)12-18-8-7-17-13-18/h3-8,13H,2,9-12H2,1H3. The lowest BCUT2D eigenvalue weighted by molar-refractivity contribution is 0.618. The SMILES string of the molecule is Cc1ccc(CC2(Cn3ccnc3)SCCCS2)cc1. The van der Waals surface area contributed by atoms with Gasteiger partial charge in [0.15, 0.2) is 0 Å². The first-order valence-electron chi connectivity index (χ1n) is 7.05. The van der Waals surface area contributed by atoms with Crippen molar-refractivity contribution in [2.45, 2.75) is 30.4 Å². The highest BCUT2D eigenvalue weighted by molar-refractivity contribution is 8.18. The average molecular weight is 304 g/mol. The minimum Gasteiger partial charge on any atom is -0.335 e. The van der Waals surface area contributed by atoms with Gasteiger partial charge >= 0.3 is 0 Å². The minimum atomic E-state index is 0.258. The van der Waals surface area contributed by atoms with Crippen molar-refractivity contribution in [2.75, 3.05) is 11.5 Å². The number of hydrogen-bond acceptors (Lipinski definition) is 3. The molecule has 1 saturated heterocycles. The summed E-state index contributed by atoms with van der Waals surface area (Å²) in [5.74, 6) is 2.54. The molecule has 0 bridgehead atoms. The van der Waals surface area contributed by atoms with Gasteiger partial charge in [-0.3, -0.25) is 0 Å². The zero-order valence-electron chi connectivity index (χ0n) is 11.8. The van der Waals surface area contributed by atoms with Crippen LogP contribution in [0.4, 0.5) is 0 Å². The lowest BCUT2D eigenvalue weighted by Gasteiger charge is -2.36. The predicted molar refractivity (Wildman–Crippen MR) is 89.4 cm³/mol. The van der Waals surface area contributed by atoms with Gasteiger partial charge in [0.2, 0.25) is 0 Å². The first-order valence-corrected chi connectivity index (χ1v) is 9.02. The van der Waals surface area contributed by atoms with E-state index < -0.39 is 0 Å². The molecule has 4 heteroatoms. The molecule has 1 fully saturated rings. The highest BCUT2D eigenvalue weighted by Gasteiger charge is 2.34. The van der Waals surface area contributed by atoms with Gasteiger partial charge in [-0.2, -0.15) is 0 Å². The smallest absolute Gasteiger partial charge is 0.0946 e. The first-order chi connectivity index (χ1) is 9.76. The number of hydrogen-bond donors (Lipinski definition) is 0. The molecule has 3 rings (SSSR count). The fourth-order valence-electron chi connectivity index (χ4n) is 2.54. The van der Waals surface area contributed by atoms with Gasteiger partial charge in [0, 0.05) is 18.9 Å². The summed E-state index contributed by atoms with van der Waals surface area (Å²) >= 11 is 4.24. The van der Waals surface area contributed by atoms with Crippen LogP contribution in [-0.2, 0) is 13.0 Å². The van der Waals surface area contributed by atoms with E-state index in [9.17, 15) is 0 Å². The normalized spacial score (nSPS) is 18.1. The number of aryl methyl sites for hydroxylation is 1. The first kappa shape index (κ1) is 14.1. The molecular formula is C16H20N2S2. The van der Waals surface area contributed by atoms with E-state index in [-0.39, 0.29) is 4.08 Å². The van der Waals surface area contributed by atoms with Crippen LogP contribution in [0.25, 0.3) is 0 Å². The van der Waals surface area contributed by atoms with E-state index in [4.69, 9.17) is 0 Å². The number of nitrogens with zero attached hydrogens (tertiary/aromatic N) is 2. The zero-order chi connectivity index (χ0) is 13.8. The highest BCUT2D eigenvalue weighted by atomic mass is 32.2. The topological polar surface area (TPSA) is 17.8 Å². The van der Waals surface area contributed by atoms with Gasteiger partial charge in [0.05, 0.1) is 10.4 Å².